The molecule has 1 amide bonds. The van der Waals surface area contributed by atoms with E-state index >= 15 is 0 Å². The molecule has 6 heteroatoms. The quantitative estimate of drug-likeness (QED) is 0.781. The van der Waals surface area contributed by atoms with E-state index in [0.717, 1.165) is 17.3 Å². The average Bonchev–Trinajstić information content (AvgIpc) is 2.66. The van der Waals surface area contributed by atoms with E-state index in [4.69, 9.17) is 0 Å². The van der Waals surface area contributed by atoms with Crippen LogP contribution in [0, 0.1) is 0 Å². The fourth-order valence-electron chi connectivity index (χ4n) is 0.811. The highest BCUT2D eigenvalue weighted by molar-refractivity contribution is 8.02. The van der Waals surface area contributed by atoms with Crippen LogP contribution >= 0.6 is 23.1 Å². The van der Waals surface area contributed by atoms with Gasteiger partial charge < -0.3 is 5.32 Å². The first-order valence-electron chi connectivity index (χ1n) is 4.44. The van der Waals surface area contributed by atoms with Crippen LogP contribution in [0.25, 0.3) is 0 Å². The van der Waals surface area contributed by atoms with Gasteiger partial charge in [0.25, 0.3) is 0 Å². The standard InChI is InChI=1S/C8H13N3OS2/c1-3-4-9-7(12)6(2)14-8-11-10-5-13-8/h5-6H,3-4H2,1-2H3,(H,9,12). The maximum absolute atomic E-state index is 11.5. The van der Waals surface area contributed by atoms with Crippen LogP contribution in [0.1, 0.15) is 20.3 Å². The summed E-state index contributed by atoms with van der Waals surface area (Å²) in [7, 11) is 0. The SMILES string of the molecule is CCCNC(=O)C(C)Sc1nncs1. The largest absolute Gasteiger partial charge is 0.355 e. The number of nitrogens with one attached hydrogen (secondary N) is 1. The summed E-state index contributed by atoms with van der Waals surface area (Å²) in [5, 5.41) is 10.3. The topological polar surface area (TPSA) is 54.9 Å². The van der Waals surface area contributed by atoms with Crippen molar-refractivity contribution in [3.05, 3.63) is 5.51 Å². The van der Waals surface area contributed by atoms with Gasteiger partial charge in [-0.3, -0.25) is 4.79 Å². The van der Waals surface area contributed by atoms with Gasteiger partial charge in [0, 0.05) is 6.54 Å². The van der Waals surface area contributed by atoms with E-state index in [9.17, 15) is 4.79 Å². The van der Waals surface area contributed by atoms with E-state index in [1.807, 2.05) is 13.8 Å². The van der Waals surface area contributed by atoms with E-state index in [1.165, 1.54) is 23.1 Å². The van der Waals surface area contributed by atoms with Crippen LogP contribution in [-0.2, 0) is 4.79 Å². The van der Waals surface area contributed by atoms with Gasteiger partial charge in [0.1, 0.15) is 5.51 Å². The van der Waals surface area contributed by atoms with Gasteiger partial charge in [-0.2, -0.15) is 0 Å². The molecule has 1 unspecified atom stereocenters. The molecule has 1 rings (SSSR count). The van der Waals surface area contributed by atoms with Crippen LogP contribution in [0.4, 0.5) is 0 Å². The van der Waals surface area contributed by atoms with Gasteiger partial charge in [-0.15, -0.1) is 10.2 Å². The number of hydrogen-bond acceptors (Lipinski definition) is 5. The van der Waals surface area contributed by atoms with Crippen LogP contribution in [0.15, 0.2) is 9.85 Å². The van der Waals surface area contributed by atoms with Gasteiger partial charge in [0.15, 0.2) is 4.34 Å². The minimum Gasteiger partial charge on any atom is -0.355 e. The lowest BCUT2D eigenvalue weighted by Crippen LogP contribution is -2.31. The zero-order chi connectivity index (χ0) is 10.4. The lowest BCUT2D eigenvalue weighted by atomic mass is 10.4. The summed E-state index contributed by atoms with van der Waals surface area (Å²) in [4.78, 5) is 11.5. The Morgan fingerprint density at radius 2 is 2.57 bits per heavy atom. The lowest BCUT2D eigenvalue weighted by molar-refractivity contribution is -0.120. The normalized spacial score (nSPS) is 12.4. The minimum atomic E-state index is -0.102. The monoisotopic (exact) mass is 231 g/mol. The molecule has 0 saturated carbocycles. The predicted molar refractivity (Wildman–Crippen MR) is 58.5 cm³/mol. The fraction of sp³-hybridized carbons (Fsp3) is 0.625. The Morgan fingerprint density at radius 3 is 3.14 bits per heavy atom. The van der Waals surface area contributed by atoms with Gasteiger partial charge in [-0.05, 0) is 13.3 Å². The Morgan fingerprint density at radius 1 is 1.79 bits per heavy atom. The molecule has 0 fully saturated rings. The molecule has 0 radical (unpaired) electrons. The Hall–Kier alpha value is -0.620. The first kappa shape index (κ1) is 11.5. The van der Waals surface area contributed by atoms with Crippen molar-refractivity contribution in [2.75, 3.05) is 6.54 Å². The predicted octanol–water partition coefficient (Wildman–Crippen LogP) is 1.54. The zero-order valence-corrected chi connectivity index (χ0v) is 9.82. The second-order valence-electron chi connectivity index (χ2n) is 2.76. The van der Waals surface area contributed by atoms with Gasteiger partial charge in [0.2, 0.25) is 5.91 Å². The minimum absolute atomic E-state index is 0.0621. The third-order valence-electron chi connectivity index (χ3n) is 1.54. The Balaban J connectivity index is 2.34. The second-order valence-corrected chi connectivity index (χ2v) is 5.18. The Labute approximate surface area is 91.5 Å². The number of amides is 1. The van der Waals surface area contributed by atoms with E-state index in [0.29, 0.717) is 0 Å². The van der Waals surface area contributed by atoms with E-state index in [-0.39, 0.29) is 11.2 Å². The average molecular weight is 231 g/mol. The fourth-order valence-corrected chi connectivity index (χ4v) is 2.46. The third kappa shape index (κ3) is 3.63. The Bertz CT molecular complexity index is 276. The van der Waals surface area contributed by atoms with Crippen LogP contribution in [0.3, 0.4) is 0 Å². The number of aromatic nitrogens is 2. The van der Waals surface area contributed by atoms with Crippen LogP contribution < -0.4 is 5.32 Å². The summed E-state index contributed by atoms with van der Waals surface area (Å²) in [6.07, 6.45) is 0.960. The molecule has 0 aliphatic carbocycles. The molecule has 1 aromatic heterocycles. The molecule has 1 heterocycles. The molecule has 0 aliphatic rings. The summed E-state index contributed by atoms with van der Waals surface area (Å²) < 4.78 is 0.837. The molecular weight excluding hydrogens is 218 g/mol. The smallest absolute Gasteiger partial charge is 0.233 e. The summed E-state index contributed by atoms with van der Waals surface area (Å²) in [6, 6.07) is 0. The lowest BCUT2D eigenvalue weighted by Gasteiger charge is -2.08. The molecule has 0 bridgehead atoms. The molecular formula is C8H13N3OS2. The maximum atomic E-state index is 11.5. The van der Waals surface area contributed by atoms with Gasteiger partial charge in [-0.1, -0.05) is 30.0 Å². The molecule has 0 aliphatic heterocycles. The second kappa shape index (κ2) is 5.98. The number of rotatable bonds is 5. The van der Waals surface area contributed by atoms with Crippen molar-refractivity contribution < 1.29 is 4.79 Å². The molecule has 1 aromatic rings. The molecule has 78 valence electrons. The Kier molecular flexibility index (Phi) is 4.89. The summed E-state index contributed by atoms with van der Waals surface area (Å²) >= 11 is 2.89. The highest BCUT2D eigenvalue weighted by Crippen LogP contribution is 2.23. The molecule has 1 atom stereocenters. The summed E-state index contributed by atoms with van der Waals surface area (Å²) in [5.74, 6) is 0.0621. The molecule has 0 saturated heterocycles. The number of hydrogen-bond donors (Lipinski definition) is 1. The van der Waals surface area contributed by atoms with Crippen molar-refractivity contribution in [3.63, 3.8) is 0 Å². The zero-order valence-electron chi connectivity index (χ0n) is 8.19. The van der Waals surface area contributed by atoms with Crippen molar-refractivity contribution in [3.8, 4) is 0 Å². The van der Waals surface area contributed by atoms with Gasteiger partial charge in [0.05, 0.1) is 5.25 Å². The summed E-state index contributed by atoms with van der Waals surface area (Å²) in [6.45, 7) is 4.64. The third-order valence-corrected chi connectivity index (χ3v) is 3.45. The highest BCUT2D eigenvalue weighted by atomic mass is 32.2. The van der Waals surface area contributed by atoms with Crippen LogP contribution in [0.5, 0.6) is 0 Å². The number of thioether (sulfide) groups is 1. The van der Waals surface area contributed by atoms with Gasteiger partial charge in [-0.25, -0.2) is 0 Å². The number of carbonyl (C=O) groups excluding carboxylic acids is 1. The number of nitrogens with zero attached hydrogens (tertiary/aromatic N) is 2. The summed E-state index contributed by atoms with van der Waals surface area (Å²) in [5.41, 5.74) is 1.67. The molecule has 4 nitrogen and oxygen atoms in total. The van der Waals surface area contributed by atoms with E-state index in [1.54, 1.807) is 5.51 Å². The molecule has 14 heavy (non-hydrogen) atoms. The van der Waals surface area contributed by atoms with Crippen LogP contribution in [-0.4, -0.2) is 27.9 Å². The van der Waals surface area contributed by atoms with Gasteiger partial charge >= 0.3 is 0 Å². The first-order valence-corrected chi connectivity index (χ1v) is 6.20. The van der Waals surface area contributed by atoms with Crippen molar-refractivity contribution in [2.24, 2.45) is 0 Å². The molecule has 0 aromatic carbocycles. The van der Waals surface area contributed by atoms with Crippen molar-refractivity contribution >= 4 is 29.0 Å². The van der Waals surface area contributed by atoms with E-state index < -0.39 is 0 Å². The van der Waals surface area contributed by atoms with Crippen molar-refractivity contribution in [1.82, 2.24) is 15.5 Å². The molecule has 1 N–H and O–H groups in total. The van der Waals surface area contributed by atoms with Crippen molar-refractivity contribution in [2.45, 2.75) is 29.9 Å². The van der Waals surface area contributed by atoms with E-state index in [2.05, 4.69) is 15.5 Å². The number of carbonyl (C=O) groups is 1. The molecule has 0 spiro atoms. The maximum Gasteiger partial charge on any atom is 0.233 e. The first-order chi connectivity index (χ1) is 6.74. The van der Waals surface area contributed by atoms with Crippen LogP contribution in [0.2, 0.25) is 0 Å². The highest BCUT2D eigenvalue weighted by Gasteiger charge is 2.14. The van der Waals surface area contributed by atoms with Crippen molar-refractivity contribution in [1.29, 1.82) is 0 Å².